The van der Waals surface area contributed by atoms with Gasteiger partial charge in [-0.25, -0.2) is 8.42 Å². The van der Waals surface area contributed by atoms with Gasteiger partial charge in [-0.2, -0.15) is 0 Å². The molecule has 7 heteroatoms. The maximum atomic E-state index is 14.1. The summed E-state index contributed by atoms with van der Waals surface area (Å²) in [6, 6.07) is 8.93. The van der Waals surface area contributed by atoms with Gasteiger partial charge in [0, 0.05) is 18.9 Å². The Hall–Kier alpha value is -1.25. The van der Waals surface area contributed by atoms with Gasteiger partial charge in [-0.05, 0) is 82.6 Å². The second kappa shape index (κ2) is 14.8. The summed E-state index contributed by atoms with van der Waals surface area (Å²) in [5, 5.41) is -0.474. The van der Waals surface area contributed by atoms with Crippen LogP contribution < -0.4 is 0 Å². The summed E-state index contributed by atoms with van der Waals surface area (Å²) in [5.41, 5.74) is 2.46. The van der Waals surface area contributed by atoms with Crippen LogP contribution in [0.25, 0.3) is 0 Å². The third-order valence-electron chi connectivity index (χ3n) is 8.79. The number of hydrogen-bond donors (Lipinski definition) is 0. The first-order chi connectivity index (χ1) is 18.5. The molecule has 1 aliphatic heterocycles. The van der Waals surface area contributed by atoms with Gasteiger partial charge in [-0.15, -0.1) is 0 Å². The fourth-order valence-electron chi connectivity index (χ4n) is 4.86. The standard InChI is InChI=1S/C33H56O5SSi/c1-26(2)30(25-38-40(9,10)32(5,6)7)31(39(34,35)29-19-12-11-13-20-29)24-28(4)17-14-16-27(3)18-15-21-33(8)36-22-23-37-33/h11-13,17-20,26,30-31H,14-16,21-25H2,1-10H3/b27-18+,28-17+. The van der Waals surface area contributed by atoms with Crippen molar-refractivity contribution in [2.45, 2.75) is 122 Å². The fourth-order valence-corrected chi connectivity index (χ4v) is 8.12. The van der Waals surface area contributed by atoms with Crippen molar-refractivity contribution in [2.75, 3.05) is 19.8 Å². The number of benzene rings is 1. The van der Waals surface area contributed by atoms with Crippen LogP contribution in [0.15, 0.2) is 58.5 Å². The van der Waals surface area contributed by atoms with Crippen LogP contribution in [0.4, 0.5) is 0 Å². The van der Waals surface area contributed by atoms with Gasteiger partial charge < -0.3 is 13.9 Å². The van der Waals surface area contributed by atoms with E-state index in [-0.39, 0.29) is 16.9 Å². The van der Waals surface area contributed by atoms with Crippen molar-refractivity contribution >= 4 is 18.2 Å². The molecule has 0 N–H and O–H groups in total. The first-order valence-corrected chi connectivity index (χ1v) is 19.5. The van der Waals surface area contributed by atoms with Crippen molar-refractivity contribution in [3.63, 3.8) is 0 Å². The summed E-state index contributed by atoms with van der Waals surface area (Å²) < 4.78 is 46.2. The van der Waals surface area contributed by atoms with Gasteiger partial charge >= 0.3 is 0 Å². The Kier molecular flexibility index (Phi) is 12.9. The van der Waals surface area contributed by atoms with Crippen LogP contribution in [-0.2, 0) is 23.7 Å². The van der Waals surface area contributed by atoms with Gasteiger partial charge in [-0.3, -0.25) is 0 Å². The minimum atomic E-state index is -3.55. The number of sulfone groups is 1. The zero-order chi connectivity index (χ0) is 30.2. The first-order valence-electron chi connectivity index (χ1n) is 15.0. The third-order valence-corrected chi connectivity index (χ3v) is 15.5. The molecule has 1 aliphatic rings. The SMILES string of the molecule is C/C(=C\CCC1(C)OCCO1)CC/C=C(\C)CC(C(CO[Si](C)(C)C(C)(C)C)C(C)C)S(=O)(=O)c1ccccc1. The lowest BCUT2D eigenvalue weighted by atomic mass is 9.89. The van der Waals surface area contributed by atoms with Crippen molar-refractivity contribution in [3.05, 3.63) is 53.6 Å². The van der Waals surface area contributed by atoms with Gasteiger partial charge in [0.25, 0.3) is 0 Å². The molecule has 5 nitrogen and oxygen atoms in total. The van der Waals surface area contributed by atoms with E-state index in [1.807, 2.05) is 25.1 Å². The molecule has 0 amide bonds. The number of allylic oxidation sites excluding steroid dienone is 4. The normalized spacial score (nSPS) is 18.8. The van der Waals surface area contributed by atoms with Crippen molar-refractivity contribution in [3.8, 4) is 0 Å². The van der Waals surface area contributed by atoms with Crippen molar-refractivity contribution < 1.29 is 22.3 Å². The molecule has 0 saturated carbocycles. The first kappa shape index (κ1) is 34.9. The van der Waals surface area contributed by atoms with E-state index in [0.29, 0.717) is 31.1 Å². The fraction of sp³-hybridized carbons (Fsp3) is 0.697. The van der Waals surface area contributed by atoms with Gasteiger partial charge in [0.05, 0.1) is 23.4 Å². The summed E-state index contributed by atoms with van der Waals surface area (Å²) in [5.74, 6) is -0.389. The van der Waals surface area contributed by atoms with E-state index in [1.165, 1.54) is 5.57 Å². The second-order valence-corrected chi connectivity index (χ2v) is 20.6. The van der Waals surface area contributed by atoms with Crippen molar-refractivity contribution in [1.29, 1.82) is 0 Å². The highest BCUT2D eigenvalue weighted by molar-refractivity contribution is 7.92. The van der Waals surface area contributed by atoms with Crippen LogP contribution >= 0.6 is 0 Å². The Morgan fingerprint density at radius 3 is 2.15 bits per heavy atom. The van der Waals surface area contributed by atoms with E-state index < -0.39 is 29.2 Å². The van der Waals surface area contributed by atoms with Crippen LogP contribution in [0.1, 0.15) is 87.5 Å². The molecule has 0 radical (unpaired) electrons. The molecule has 1 aromatic rings. The maximum absolute atomic E-state index is 14.1. The number of hydrogen-bond acceptors (Lipinski definition) is 5. The molecule has 0 aromatic heterocycles. The monoisotopic (exact) mass is 592 g/mol. The minimum Gasteiger partial charge on any atom is -0.416 e. The highest BCUT2D eigenvalue weighted by atomic mass is 32.2. The summed E-state index contributed by atoms with van der Waals surface area (Å²) >= 11 is 0. The van der Waals surface area contributed by atoms with Gasteiger partial charge in [0.2, 0.25) is 0 Å². The Morgan fingerprint density at radius 2 is 1.60 bits per heavy atom. The predicted octanol–water partition coefficient (Wildman–Crippen LogP) is 8.73. The van der Waals surface area contributed by atoms with Crippen LogP contribution in [0.3, 0.4) is 0 Å². The van der Waals surface area contributed by atoms with E-state index in [0.717, 1.165) is 31.3 Å². The Morgan fingerprint density at radius 1 is 1.02 bits per heavy atom. The molecule has 2 rings (SSSR count). The molecular weight excluding hydrogens is 537 g/mol. The number of rotatable bonds is 15. The average molecular weight is 593 g/mol. The predicted molar refractivity (Wildman–Crippen MR) is 170 cm³/mol. The molecule has 228 valence electrons. The molecule has 0 bridgehead atoms. The van der Waals surface area contributed by atoms with Gasteiger partial charge in [0.15, 0.2) is 23.9 Å². The highest BCUT2D eigenvalue weighted by Gasteiger charge is 2.41. The van der Waals surface area contributed by atoms with Crippen molar-refractivity contribution in [2.24, 2.45) is 11.8 Å². The lowest BCUT2D eigenvalue weighted by Crippen LogP contribution is -2.45. The van der Waals surface area contributed by atoms with E-state index in [1.54, 1.807) is 12.1 Å². The zero-order valence-corrected chi connectivity index (χ0v) is 28.7. The zero-order valence-electron chi connectivity index (χ0n) is 26.9. The molecule has 0 spiro atoms. The van der Waals surface area contributed by atoms with Crippen LogP contribution in [0.2, 0.25) is 18.1 Å². The van der Waals surface area contributed by atoms with E-state index >= 15 is 0 Å². The maximum Gasteiger partial charge on any atom is 0.191 e. The summed E-state index contributed by atoms with van der Waals surface area (Å²) in [4.78, 5) is 0.397. The smallest absolute Gasteiger partial charge is 0.191 e. The van der Waals surface area contributed by atoms with Crippen molar-refractivity contribution in [1.82, 2.24) is 0 Å². The summed E-state index contributed by atoms with van der Waals surface area (Å²) in [7, 11) is -5.58. The Balaban J connectivity index is 2.18. The molecule has 1 heterocycles. The topological polar surface area (TPSA) is 61.8 Å². The largest absolute Gasteiger partial charge is 0.416 e. The molecule has 40 heavy (non-hydrogen) atoms. The summed E-state index contributed by atoms with van der Waals surface area (Å²) in [6.07, 6.45) is 8.63. The Bertz CT molecular complexity index is 1080. The third kappa shape index (κ3) is 10.2. The molecular formula is C33H56O5SSi. The van der Waals surface area contributed by atoms with Gasteiger partial charge in [-0.1, -0.05) is 76.1 Å². The van der Waals surface area contributed by atoms with E-state index in [2.05, 4.69) is 73.7 Å². The molecule has 0 aliphatic carbocycles. The van der Waals surface area contributed by atoms with E-state index in [9.17, 15) is 8.42 Å². The second-order valence-electron chi connectivity index (χ2n) is 13.6. The highest BCUT2D eigenvalue weighted by Crippen LogP contribution is 2.39. The molecule has 1 aromatic carbocycles. The Labute approximate surface area is 246 Å². The van der Waals surface area contributed by atoms with Gasteiger partial charge in [0.1, 0.15) is 0 Å². The molecule has 2 unspecified atom stereocenters. The minimum absolute atomic E-state index is 0.0678. The molecule has 1 saturated heterocycles. The van der Waals surface area contributed by atoms with Crippen LogP contribution in [0, 0.1) is 11.8 Å². The lowest BCUT2D eigenvalue weighted by Gasteiger charge is -2.39. The average Bonchev–Trinajstić information content (AvgIpc) is 3.29. The van der Waals surface area contributed by atoms with E-state index in [4.69, 9.17) is 13.9 Å². The van der Waals surface area contributed by atoms with Crippen LogP contribution in [0.5, 0.6) is 0 Å². The van der Waals surface area contributed by atoms with Crippen LogP contribution in [-0.4, -0.2) is 47.6 Å². The molecule has 1 fully saturated rings. The molecule has 2 atom stereocenters. The quantitative estimate of drug-likeness (QED) is 0.151. The summed E-state index contributed by atoms with van der Waals surface area (Å²) in [6.45, 7) is 23.5. The number of ether oxygens (including phenoxy) is 2. The lowest BCUT2D eigenvalue weighted by molar-refractivity contribution is -0.145.